The normalized spacial score (nSPS) is 10.9. The molecule has 0 aliphatic carbocycles. The number of carbonyl (C=O) groups is 1. The number of aryl methyl sites for hydroxylation is 1. The van der Waals surface area contributed by atoms with Crippen molar-refractivity contribution in [3.8, 4) is 22.7 Å². The molecule has 0 atom stereocenters. The van der Waals surface area contributed by atoms with Crippen molar-refractivity contribution in [1.82, 2.24) is 14.8 Å². The van der Waals surface area contributed by atoms with Crippen LogP contribution in [0.2, 0.25) is 10.0 Å². The first-order chi connectivity index (χ1) is 16.9. The Hall–Kier alpha value is -3.42. The first-order valence-corrected chi connectivity index (χ1v) is 11.7. The number of carbonyl (C=O) groups excluding carboxylic acids is 1. The molecular weight excluding hydrogens is 490 g/mol. The number of benzene rings is 2. The number of aromatic nitrogens is 3. The number of alkyl halides is 1. The highest BCUT2D eigenvalue weighted by Gasteiger charge is 2.23. The maximum absolute atomic E-state index is 13.2. The third-order valence-electron chi connectivity index (χ3n) is 5.30. The number of nitrogens with zero attached hydrogens (tertiary/aromatic N) is 3. The van der Waals surface area contributed by atoms with E-state index >= 15 is 0 Å². The molecule has 0 spiro atoms. The Labute approximate surface area is 212 Å². The summed E-state index contributed by atoms with van der Waals surface area (Å²) in [6.45, 7) is 3.61. The van der Waals surface area contributed by atoms with Crippen molar-refractivity contribution in [3.05, 3.63) is 87.7 Å². The van der Waals surface area contributed by atoms with Crippen LogP contribution >= 0.6 is 23.2 Å². The van der Waals surface area contributed by atoms with Crippen molar-refractivity contribution in [1.29, 1.82) is 0 Å². The van der Waals surface area contributed by atoms with Gasteiger partial charge in [0.25, 0.3) is 5.91 Å². The number of pyridine rings is 1. The van der Waals surface area contributed by atoms with Crippen LogP contribution in [0.1, 0.15) is 28.0 Å². The fourth-order valence-corrected chi connectivity index (χ4v) is 4.04. The second-order valence-electron chi connectivity index (χ2n) is 7.92. The van der Waals surface area contributed by atoms with Gasteiger partial charge in [-0.1, -0.05) is 29.3 Å². The highest BCUT2D eigenvalue weighted by Crippen LogP contribution is 2.33. The zero-order valence-electron chi connectivity index (χ0n) is 19.2. The van der Waals surface area contributed by atoms with Crippen molar-refractivity contribution in [2.45, 2.75) is 20.3 Å². The Bertz CT molecular complexity index is 1340. The van der Waals surface area contributed by atoms with Gasteiger partial charge in [0.05, 0.1) is 29.7 Å². The molecule has 0 bridgehead atoms. The lowest BCUT2D eigenvalue weighted by Crippen LogP contribution is -2.15. The second kappa shape index (κ2) is 10.9. The van der Waals surface area contributed by atoms with Gasteiger partial charge in [-0.25, -0.2) is 9.67 Å². The first kappa shape index (κ1) is 24.7. The quantitative estimate of drug-likeness (QED) is 0.262. The number of hydrogen-bond donors (Lipinski definition) is 1. The van der Waals surface area contributed by atoms with Gasteiger partial charge in [0.2, 0.25) is 0 Å². The summed E-state index contributed by atoms with van der Waals surface area (Å²) in [5, 5.41) is 8.30. The van der Waals surface area contributed by atoms with E-state index in [-0.39, 0.29) is 5.69 Å². The van der Waals surface area contributed by atoms with Gasteiger partial charge in [-0.2, -0.15) is 5.10 Å². The fourth-order valence-electron chi connectivity index (χ4n) is 3.55. The molecule has 1 N–H and O–H groups in total. The molecule has 0 aliphatic heterocycles. The predicted molar refractivity (Wildman–Crippen MR) is 137 cm³/mol. The van der Waals surface area contributed by atoms with E-state index in [1.54, 1.807) is 47.3 Å². The summed E-state index contributed by atoms with van der Waals surface area (Å²) in [4.78, 5) is 17.4. The Morgan fingerprint density at radius 1 is 1.09 bits per heavy atom. The molecule has 0 fully saturated rings. The van der Waals surface area contributed by atoms with E-state index in [2.05, 4.69) is 15.4 Å². The molecule has 2 heterocycles. The lowest BCUT2D eigenvalue weighted by Gasteiger charge is -2.11. The summed E-state index contributed by atoms with van der Waals surface area (Å²) in [6.07, 6.45) is 2.01. The summed E-state index contributed by atoms with van der Waals surface area (Å²) in [7, 11) is 0. The third-order valence-corrected chi connectivity index (χ3v) is 5.84. The van der Waals surface area contributed by atoms with Gasteiger partial charge in [0.1, 0.15) is 11.6 Å². The maximum Gasteiger partial charge on any atom is 0.277 e. The molecular formula is C26H23Cl2FN4O2. The van der Waals surface area contributed by atoms with Gasteiger partial charge < -0.3 is 10.1 Å². The van der Waals surface area contributed by atoms with E-state index in [0.29, 0.717) is 51.6 Å². The molecule has 35 heavy (non-hydrogen) atoms. The molecule has 4 aromatic rings. The van der Waals surface area contributed by atoms with Gasteiger partial charge >= 0.3 is 0 Å². The van der Waals surface area contributed by atoms with Gasteiger partial charge in [0, 0.05) is 28.8 Å². The van der Waals surface area contributed by atoms with Crippen molar-refractivity contribution in [2.75, 3.05) is 18.6 Å². The Morgan fingerprint density at radius 3 is 2.51 bits per heavy atom. The van der Waals surface area contributed by atoms with Crippen LogP contribution in [0.15, 0.2) is 60.8 Å². The zero-order chi connectivity index (χ0) is 24.9. The van der Waals surface area contributed by atoms with E-state index in [0.717, 1.165) is 11.1 Å². The first-order valence-electron chi connectivity index (χ1n) is 11.0. The molecule has 0 aliphatic rings. The Morgan fingerprint density at radius 2 is 1.86 bits per heavy atom. The van der Waals surface area contributed by atoms with Crippen LogP contribution in [0.25, 0.3) is 16.9 Å². The van der Waals surface area contributed by atoms with Crippen LogP contribution in [0.5, 0.6) is 5.75 Å². The van der Waals surface area contributed by atoms with E-state index < -0.39 is 12.6 Å². The van der Waals surface area contributed by atoms with Crippen LogP contribution in [-0.2, 0) is 0 Å². The Balaban J connectivity index is 1.75. The summed E-state index contributed by atoms with van der Waals surface area (Å²) in [5.41, 5.74) is 3.94. The number of hydrogen-bond acceptors (Lipinski definition) is 4. The van der Waals surface area contributed by atoms with Gasteiger partial charge in [0.15, 0.2) is 5.69 Å². The van der Waals surface area contributed by atoms with E-state index in [1.165, 1.54) is 0 Å². The monoisotopic (exact) mass is 512 g/mol. The topological polar surface area (TPSA) is 69.0 Å². The van der Waals surface area contributed by atoms with Crippen LogP contribution in [0.4, 0.5) is 10.2 Å². The molecule has 4 rings (SSSR count). The predicted octanol–water partition coefficient (Wildman–Crippen LogP) is 6.85. The molecule has 1 amide bonds. The van der Waals surface area contributed by atoms with Crippen molar-refractivity contribution in [3.63, 3.8) is 0 Å². The number of nitrogens with one attached hydrogen (secondary N) is 1. The summed E-state index contributed by atoms with van der Waals surface area (Å²) >= 11 is 12.6. The van der Waals surface area contributed by atoms with E-state index in [9.17, 15) is 9.18 Å². The SMILES string of the molecule is Cc1ccc(NC(=O)c2nn(-c3ccc(Cl)cc3Cl)c(-c3ccc(OCCCF)cc3)c2C)nc1. The maximum atomic E-state index is 13.2. The second-order valence-corrected chi connectivity index (χ2v) is 8.76. The molecule has 0 unspecified atom stereocenters. The largest absolute Gasteiger partial charge is 0.493 e. The summed E-state index contributed by atoms with van der Waals surface area (Å²) < 4.78 is 19.6. The van der Waals surface area contributed by atoms with Crippen LogP contribution in [-0.4, -0.2) is 34.0 Å². The average Bonchev–Trinajstić information content (AvgIpc) is 3.18. The molecule has 180 valence electrons. The molecule has 0 saturated carbocycles. The molecule has 6 nitrogen and oxygen atoms in total. The van der Waals surface area contributed by atoms with Crippen LogP contribution in [0.3, 0.4) is 0 Å². The highest BCUT2D eigenvalue weighted by molar-refractivity contribution is 6.35. The van der Waals surface area contributed by atoms with Crippen molar-refractivity contribution >= 4 is 34.9 Å². The standard InChI is InChI=1S/C26H23Cl2FN4O2/c1-16-4-11-23(30-15-16)31-26(34)24-17(2)25(18-5-8-20(9-6-18)35-13-3-12-29)33(32-24)22-10-7-19(27)14-21(22)28/h4-11,14-15H,3,12-13H2,1-2H3,(H,30,31,34). The number of anilines is 1. The van der Waals surface area contributed by atoms with Crippen LogP contribution in [0, 0.1) is 13.8 Å². The lowest BCUT2D eigenvalue weighted by atomic mass is 10.1. The third kappa shape index (κ3) is 5.63. The minimum atomic E-state index is -0.429. The number of rotatable bonds is 8. The zero-order valence-corrected chi connectivity index (χ0v) is 20.7. The molecule has 0 radical (unpaired) electrons. The molecule has 9 heteroatoms. The average molecular weight is 513 g/mol. The molecule has 2 aromatic carbocycles. The smallest absolute Gasteiger partial charge is 0.277 e. The summed E-state index contributed by atoms with van der Waals surface area (Å²) in [6, 6.07) is 16.0. The number of ether oxygens (including phenoxy) is 1. The highest BCUT2D eigenvalue weighted by atomic mass is 35.5. The minimum Gasteiger partial charge on any atom is -0.493 e. The lowest BCUT2D eigenvalue weighted by molar-refractivity contribution is 0.102. The van der Waals surface area contributed by atoms with Crippen LogP contribution < -0.4 is 10.1 Å². The van der Waals surface area contributed by atoms with Gasteiger partial charge in [-0.3, -0.25) is 9.18 Å². The fraction of sp³-hybridized carbons (Fsp3) is 0.192. The number of halogens is 3. The Kier molecular flexibility index (Phi) is 7.68. The number of amides is 1. The van der Waals surface area contributed by atoms with Crippen molar-refractivity contribution < 1.29 is 13.9 Å². The van der Waals surface area contributed by atoms with E-state index in [4.69, 9.17) is 27.9 Å². The summed E-state index contributed by atoms with van der Waals surface area (Å²) in [5.74, 6) is 0.657. The van der Waals surface area contributed by atoms with Gasteiger partial charge in [-0.15, -0.1) is 0 Å². The van der Waals surface area contributed by atoms with E-state index in [1.807, 2.05) is 32.0 Å². The molecule has 2 aromatic heterocycles. The van der Waals surface area contributed by atoms with Crippen molar-refractivity contribution in [2.24, 2.45) is 0 Å². The van der Waals surface area contributed by atoms with Gasteiger partial charge in [-0.05, 0) is 67.9 Å². The molecule has 0 saturated heterocycles. The minimum absolute atomic E-state index is 0.233.